The van der Waals surface area contributed by atoms with E-state index in [0.717, 1.165) is 0 Å². The number of hydrogen-bond acceptors (Lipinski definition) is 0. The Morgan fingerprint density at radius 2 is 2.00 bits per heavy atom. The van der Waals surface area contributed by atoms with Crippen molar-refractivity contribution in [2.45, 2.75) is 27.2 Å². The van der Waals surface area contributed by atoms with Crippen LogP contribution in [-0.4, -0.2) is 0 Å². The smallest absolute Gasteiger partial charge is 0.0196 e. The minimum absolute atomic E-state index is 0.586. The second kappa shape index (κ2) is 3.61. The van der Waals surface area contributed by atoms with E-state index in [-0.39, 0.29) is 0 Å². The Hall–Kier alpha value is -1.04. The fourth-order valence-corrected chi connectivity index (χ4v) is 2.46. The fraction of sp³-hybridized carbons (Fsp3) is 0.429. The van der Waals surface area contributed by atoms with Crippen LogP contribution in [0.4, 0.5) is 0 Å². The molecule has 0 radical (unpaired) electrons. The van der Waals surface area contributed by atoms with E-state index in [9.17, 15) is 0 Å². The lowest BCUT2D eigenvalue weighted by Crippen LogP contribution is -1.95. The van der Waals surface area contributed by atoms with Crippen molar-refractivity contribution in [1.82, 2.24) is 0 Å². The van der Waals surface area contributed by atoms with E-state index in [4.69, 9.17) is 0 Å². The van der Waals surface area contributed by atoms with Gasteiger partial charge in [0.25, 0.3) is 0 Å². The molecule has 0 saturated carbocycles. The Labute approximate surface area is 86.7 Å². The van der Waals surface area contributed by atoms with Crippen molar-refractivity contribution >= 4 is 0 Å². The maximum Gasteiger partial charge on any atom is 0.0196 e. The maximum atomic E-state index is 2.32. The normalized spacial score (nSPS) is 25.4. The van der Waals surface area contributed by atoms with Gasteiger partial charge in [0.05, 0.1) is 0 Å². The van der Waals surface area contributed by atoms with E-state index in [1.54, 1.807) is 16.7 Å². The Bertz CT molecular complexity index is 348. The third kappa shape index (κ3) is 1.50. The van der Waals surface area contributed by atoms with Gasteiger partial charge in [-0.15, -0.1) is 0 Å². The molecule has 1 unspecified atom stereocenters. The minimum Gasteiger partial charge on any atom is -0.0733 e. The second-order valence-electron chi connectivity index (χ2n) is 4.53. The molecule has 0 nitrogen and oxygen atoms in total. The van der Waals surface area contributed by atoms with Gasteiger partial charge in [-0.05, 0) is 19.3 Å². The summed E-state index contributed by atoms with van der Waals surface area (Å²) in [4.78, 5) is 0. The molecule has 0 aromatic carbocycles. The standard InChI is InChI=1S/C14H18/c1-10(2)14-9-12-7-5-4-6-8-13(12)11(14)3/h4-8,10,13H,9H2,1-3H3. The summed E-state index contributed by atoms with van der Waals surface area (Å²) in [5.74, 6) is 1.28. The topological polar surface area (TPSA) is 0 Å². The van der Waals surface area contributed by atoms with Crippen molar-refractivity contribution in [3.8, 4) is 0 Å². The van der Waals surface area contributed by atoms with Crippen LogP contribution < -0.4 is 0 Å². The van der Waals surface area contributed by atoms with Gasteiger partial charge in [0.15, 0.2) is 0 Å². The van der Waals surface area contributed by atoms with Gasteiger partial charge in [0.2, 0.25) is 0 Å². The van der Waals surface area contributed by atoms with Gasteiger partial charge in [-0.1, -0.05) is 60.9 Å². The largest absolute Gasteiger partial charge is 0.0733 e. The molecule has 0 N–H and O–H groups in total. The summed E-state index contributed by atoms with van der Waals surface area (Å²) in [5.41, 5.74) is 4.78. The first kappa shape index (κ1) is 9.51. The zero-order valence-corrected chi connectivity index (χ0v) is 9.25. The molecule has 0 bridgehead atoms. The van der Waals surface area contributed by atoms with Crippen LogP contribution in [0.25, 0.3) is 0 Å². The van der Waals surface area contributed by atoms with Crippen LogP contribution in [-0.2, 0) is 0 Å². The molecular formula is C14H18. The van der Waals surface area contributed by atoms with Crippen molar-refractivity contribution in [3.63, 3.8) is 0 Å². The summed E-state index contributed by atoms with van der Waals surface area (Å²) < 4.78 is 0. The molecule has 2 aliphatic carbocycles. The third-order valence-corrected chi connectivity index (χ3v) is 3.30. The summed E-state index contributed by atoms with van der Waals surface area (Å²) in [6, 6.07) is 0. The van der Waals surface area contributed by atoms with Crippen LogP contribution in [0.3, 0.4) is 0 Å². The van der Waals surface area contributed by atoms with Crippen LogP contribution in [0, 0.1) is 11.8 Å². The van der Waals surface area contributed by atoms with Crippen LogP contribution in [0.15, 0.2) is 47.1 Å². The summed E-state index contributed by atoms with van der Waals surface area (Å²) in [5, 5.41) is 0. The number of hydrogen-bond donors (Lipinski definition) is 0. The maximum absolute atomic E-state index is 2.32. The highest BCUT2D eigenvalue weighted by Crippen LogP contribution is 2.41. The molecule has 2 rings (SSSR count). The molecule has 0 heteroatoms. The molecule has 74 valence electrons. The lowest BCUT2D eigenvalue weighted by Gasteiger charge is -2.08. The molecule has 0 amide bonds. The molecule has 2 aliphatic rings. The third-order valence-electron chi connectivity index (χ3n) is 3.30. The first-order chi connectivity index (χ1) is 6.70. The molecule has 1 atom stereocenters. The summed E-state index contributed by atoms with van der Waals surface area (Å²) in [7, 11) is 0. The van der Waals surface area contributed by atoms with Gasteiger partial charge in [-0.3, -0.25) is 0 Å². The number of rotatable bonds is 1. The van der Waals surface area contributed by atoms with Crippen molar-refractivity contribution in [2.24, 2.45) is 11.8 Å². The predicted molar refractivity (Wildman–Crippen MR) is 62.0 cm³/mol. The molecule has 0 aromatic heterocycles. The van der Waals surface area contributed by atoms with E-state index in [2.05, 4.69) is 51.2 Å². The Balaban J connectivity index is 2.36. The average molecular weight is 186 g/mol. The van der Waals surface area contributed by atoms with Gasteiger partial charge < -0.3 is 0 Å². The van der Waals surface area contributed by atoms with Crippen molar-refractivity contribution in [2.75, 3.05) is 0 Å². The molecule has 0 aliphatic heterocycles. The van der Waals surface area contributed by atoms with Crippen LogP contribution >= 0.6 is 0 Å². The Morgan fingerprint density at radius 1 is 1.21 bits per heavy atom. The highest BCUT2D eigenvalue weighted by molar-refractivity contribution is 5.44. The van der Waals surface area contributed by atoms with Crippen molar-refractivity contribution in [1.29, 1.82) is 0 Å². The van der Waals surface area contributed by atoms with Crippen LogP contribution in [0.2, 0.25) is 0 Å². The highest BCUT2D eigenvalue weighted by atomic mass is 14.3. The predicted octanol–water partition coefficient (Wildman–Crippen LogP) is 4.03. The molecule has 0 spiro atoms. The lowest BCUT2D eigenvalue weighted by molar-refractivity contribution is 0.744. The number of fused-ring (bicyclic) bond motifs is 1. The Kier molecular flexibility index (Phi) is 2.45. The average Bonchev–Trinajstić information content (AvgIpc) is 2.37. The fourth-order valence-electron chi connectivity index (χ4n) is 2.46. The molecule has 0 heterocycles. The number of allylic oxidation sites excluding steroid dienone is 8. The van der Waals surface area contributed by atoms with Gasteiger partial charge in [0.1, 0.15) is 0 Å². The van der Waals surface area contributed by atoms with E-state index < -0.39 is 0 Å². The first-order valence-electron chi connectivity index (χ1n) is 5.43. The van der Waals surface area contributed by atoms with E-state index >= 15 is 0 Å². The SMILES string of the molecule is CC1=C(C(C)C)CC2=CC=CC=CC21. The van der Waals surface area contributed by atoms with Crippen LogP contribution in [0.5, 0.6) is 0 Å². The minimum atomic E-state index is 0.586. The summed E-state index contributed by atoms with van der Waals surface area (Å²) >= 11 is 0. The van der Waals surface area contributed by atoms with Gasteiger partial charge in [-0.25, -0.2) is 0 Å². The second-order valence-corrected chi connectivity index (χ2v) is 4.53. The van der Waals surface area contributed by atoms with Crippen LogP contribution in [0.1, 0.15) is 27.2 Å². The monoisotopic (exact) mass is 186 g/mol. The summed E-state index contributed by atoms with van der Waals surface area (Å²) in [6.07, 6.45) is 12.2. The quantitative estimate of drug-likeness (QED) is 0.542. The van der Waals surface area contributed by atoms with Gasteiger partial charge in [-0.2, -0.15) is 0 Å². The van der Waals surface area contributed by atoms with E-state index in [1.165, 1.54) is 6.42 Å². The van der Waals surface area contributed by atoms with Gasteiger partial charge in [0, 0.05) is 5.92 Å². The first-order valence-corrected chi connectivity index (χ1v) is 5.43. The van der Waals surface area contributed by atoms with Crippen molar-refractivity contribution < 1.29 is 0 Å². The molecule has 0 saturated heterocycles. The molecule has 0 fully saturated rings. The van der Waals surface area contributed by atoms with Gasteiger partial charge >= 0.3 is 0 Å². The van der Waals surface area contributed by atoms with E-state index in [1.807, 2.05) is 0 Å². The lowest BCUT2D eigenvalue weighted by atomic mass is 9.97. The Morgan fingerprint density at radius 3 is 2.71 bits per heavy atom. The van der Waals surface area contributed by atoms with E-state index in [0.29, 0.717) is 11.8 Å². The summed E-state index contributed by atoms with van der Waals surface area (Å²) in [6.45, 7) is 6.88. The zero-order valence-electron chi connectivity index (χ0n) is 9.25. The zero-order chi connectivity index (χ0) is 10.1. The molecule has 14 heavy (non-hydrogen) atoms. The molecular weight excluding hydrogens is 168 g/mol. The molecule has 0 aromatic rings. The van der Waals surface area contributed by atoms with Crippen molar-refractivity contribution in [3.05, 3.63) is 47.1 Å². The highest BCUT2D eigenvalue weighted by Gasteiger charge is 2.26.